The SMILES string of the molecule is Cc1ccc2nc(Nc3ccc4cn[nH]c4c3)[nH]c2c1. The molecule has 0 atom stereocenters. The number of imidazole rings is 1. The van der Waals surface area contributed by atoms with E-state index in [4.69, 9.17) is 0 Å². The summed E-state index contributed by atoms with van der Waals surface area (Å²) >= 11 is 0. The van der Waals surface area contributed by atoms with Crippen molar-refractivity contribution in [1.82, 2.24) is 20.2 Å². The molecule has 20 heavy (non-hydrogen) atoms. The van der Waals surface area contributed by atoms with E-state index in [1.807, 2.05) is 30.5 Å². The van der Waals surface area contributed by atoms with Crippen LogP contribution in [0.25, 0.3) is 21.9 Å². The number of nitrogens with zero attached hydrogens (tertiary/aromatic N) is 2. The molecular formula is C15H13N5. The Morgan fingerprint density at radius 1 is 1.05 bits per heavy atom. The Balaban J connectivity index is 1.72. The number of hydrogen-bond acceptors (Lipinski definition) is 3. The molecule has 0 bridgehead atoms. The summed E-state index contributed by atoms with van der Waals surface area (Å²) in [7, 11) is 0. The quantitative estimate of drug-likeness (QED) is 0.518. The first kappa shape index (κ1) is 11.0. The van der Waals surface area contributed by atoms with Gasteiger partial charge in [-0.3, -0.25) is 5.10 Å². The number of aryl methyl sites for hydroxylation is 1. The van der Waals surface area contributed by atoms with E-state index in [9.17, 15) is 0 Å². The van der Waals surface area contributed by atoms with Gasteiger partial charge in [-0.05, 0) is 42.8 Å². The molecule has 3 N–H and O–H groups in total. The first-order valence-electron chi connectivity index (χ1n) is 6.44. The minimum Gasteiger partial charge on any atom is -0.326 e. The van der Waals surface area contributed by atoms with E-state index in [-0.39, 0.29) is 0 Å². The zero-order valence-electron chi connectivity index (χ0n) is 10.9. The van der Waals surface area contributed by atoms with Crippen LogP contribution in [0.1, 0.15) is 5.56 Å². The van der Waals surface area contributed by atoms with Crippen LogP contribution in [0.4, 0.5) is 11.6 Å². The normalized spacial score (nSPS) is 11.2. The zero-order valence-corrected chi connectivity index (χ0v) is 10.9. The lowest BCUT2D eigenvalue weighted by atomic mass is 10.2. The Morgan fingerprint density at radius 3 is 2.95 bits per heavy atom. The summed E-state index contributed by atoms with van der Waals surface area (Å²) in [6.45, 7) is 2.07. The first-order valence-corrected chi connectivity index (χ1v) is 6.44. The predicted molar refractivity (Wildman–Crippen MR) is 80.2 cm³/mol. The van der Waals surface area contributed by atoms with Gasteiger partial charge < -0.3 is 10.3 Å². The topological polar surface area (TPSA) is 69.4 Å². The molecule has 0 spiro atoms. The smallest absolute Gasteiger partial charge is 0.205 e. The summed E-state index contributed by atoms with van der Waals surface area (Å²) < 4.78 is 0. The predicted octanol–water partition coefficient (Wildman–Crippen LogP) is 3.49. The highest BCUT2D eigenvalue weighted by molar-refractivity contribution is 5.83. The molecule has 4 rings (SSSR count). The van der Waals surface area contributed by atoms with Gasteiger partial charge in [0, 0.05) is 11.1 Å². The van der Waals surface area contributed by atoms with Gasteiger partial charge in [0.15, 0.2) is 0 Å². The van der Waals surface area contributed by atoms with Crippen LogP contribution in [0, 0.1) is 6.92 Å². The summed E-state index contributed by atoms with van der Waals surface area (Å²) in [5, 5.41) is 11.4. The largest absolute Gasteiger partial charge is 0.326 e. The number of nitrogens with one attached hydrogen (secondary N) is 3. The number of benzene rings is 2. The fraction of sp³-hybridized carbons (Fsp3) is 0.0667. The number of H-pyrrole nitrogens is 2. The summed E-state index contributed by atoms with van der Waals surface area (Å²) in [5.41, 5.74) is 5.18. The molecule has 0 unspecified atom stereocenters. The molecule has 0 aliphatic heterocycles. The Bertz CT molecular complexity index is 903. The van der Waals surface area contributed by atoms with Crippen LogP contribution in [0.15, 0.2) is 42.6 Å². The second-order valence-electron chi connectivity index (χ2n) is 4.90. The lowest BCUT2D eigenvalue weighted by Gasteiger charge is -2.02. The van der Waals surface area contributed by atoms with Crippen molar-refractivity contribution in [2.45, 2.75) is 6.92 Å². The lowest BCUT2D eigenvalue weighted by molar-refractivity contribution is 1.12. The average molecular weight is 263 g/mol. The Hall–Kier alpha value is -2.82. The molecule has 2 aromatic carbocycles. The number of aromatic amines is 2. The van der Waals surface area contributed by atoms with Gasteiger partial charge in [-0.2, -0.15) is 5.10 Å². The molecule has 0 saturated carbocycles. The van der Waals surface area contributed by atoms with Gasteiger partial charge >= 0.3 is 0 Å². The summed E-state index contributed by atoms with van der Waals surface area (Å²) in [5.74, 6) is 0.740. The molecule has 0 fully saturated rings. The van der Waals surface area contributed by atoms with Gasteiger partial charge in [-0.15, -0.1) is 0 Å². The van der Waals surface area contributed by atoms with Crippen LogP contribution in [0.2, 0.25) is 0 Å². The van der Waals surface area contributed by atoms with Crippen molar-refractivity contribution in [3.8, 4) is 0 Å². The Kier molecular flexibility index (Phi) is 2.26. The van der Waals surface area contributed by atoms with Crippen LogP contribution in [0.3, 0.4) is 0 Å². The third-order valence-corrected chi connectivity index (χ3v) is 3.34. The zero-order chi connectivity index (χ0) is 13.5. The van der Waals surface area contributed by atoms with Crippen LogP contribution in [-0.2, 0) is 0 Å². The highest BCUT2D eigenvalue weighted by Gasteiger charge is 2.04. The maximum absolute atomic E-state index is 4.52. The molecular weight excluding hydrogens is 250 g/mol. The Morgan fingerprint density at radius 2 is 2.00 bits per heavy atom. The number of aromatic nitrogens is 4. The Labute approximate surface area is 115 Å². The first-order chi connectivity index (χ1) is 9.78. The number of rotatable bonds is 2. The minimum absolute atomic E-state index is 0.740. The van der Waals surface area contributed by atoms with Gasteiger partial charge in [0.25, 0.3) is 0 Å². The van der Waals surface area contributed by atoms with Gasteiger partial charge in [-0.25, -0.2) is 4.98 Å². The van der Waals surface area contributed by atoms with Crippen LogP contribution < -0.4 is 5.32 Å². The van der Waals surface area contributed by atoms with E-state index >= 15 is 0 Å². The molecule has 2 heterocycles. The van der Waals surface area contributed by atoms with Gasteiger partial charge in [0.2, 0.25) is 5.95 Å². The van der Waals surface area contributed by atoms with Gasteiger partial charge in [0.05, 0.1) is 22.7 Å². The molecule has 4 aromatic rings. The third-order valence-electron chi connectivity index (χ3n) is 3.34. The number of fused-ring (bicyclic) bond motifs is 2. The van der Waals surface area contributed by atoms with Crippen molar-refractivity contribution < 1.29 is 0 Å². The van der Waals surface area contributed by atoms with Crippen LogP contribution >= 0.6 is 0 Å². The van der Waals surface area contributed by atoms with Crippen molar-refractivity contribution in [2.75, 3.05) is 5.32 Å². The summed E-state index contributed by atoms with van der Waals surface area (Å²) in [6.07, 6.45) is 1.81. The standard InChI is InChI=1S/C15H13N5/c1-9-2-5-12-14(6-9)19-15(18-12)17-11-4-3-10-8-16-20-13(10)7-11/h2-8H,1H3,(H,16,20)(H2,17,18,19). The fourth-order valence-corrected chi connectivity index (χ4v) is 2.33. The number of hydrogen-bond donors (Lipinski definition) is 3. The van der Waals surface area contributed by atoms with Gasteiger partial charge in [0.1, 0.15) is 0 Å². The molecule has 2 aromatic heterocycles. The monoisotopic (exact) mass is 263 g/mol. The molecule has 5 nitrogen and oxygen atoms in total. The van der Waals surface area contributed by atoms with E-state index in [1.165, 1.54) is 5.56 Å². The molecule has 0 radical (unpaired) electrons. The molecule has 0 aliphatic carbocycles. The summed E-state index contributed by atoms with van der Waals surface area (Å²) in [6, 6.07) is 12.2. The van der Waals surface area contributed by atoms with Crippen molar-refractivity contribution in [3.05, 3.63) is 48.2 Å². The lowest BCUT2D eigenvalue weighted by Crippen LogP contribution is -1.91. The van der Waals surface area contributed by atoms with E-state index < -0.39 is 0 Å². The van der Waals surface area contributed by atoms with Crippen LogP contribution in [-0.4, -0.2) is 20.2 Å². The highest BCUT2D eigenvalue weighted by Crippen LogP contribution is 2.21. The third kappa shape index (κ3) is 1.80. The fourth-order valence-electron chi connectivity index (χ4n) is 2.33. The second-order valence-corrected chi connectivity index (χ2v) is 4.90. The maximum Gasteiger partial charge on any atom is 0.205 e. The maximum atomic E-state index is 4.52. The molecule has 98 valence electrons. The molecule has 0 saturated heterocycles. The van der Waals surface area contributed by atoms with Crippen molar-refractivity contribution in [2.24, 2.45) is 0 Å². The van der Waals surface area contributed by atoms with E-state index in [0.717, 1.165) is 33.6 Å². The molecule has 5 heteroatoms. The van der Waals surface area contributed by atoms with Crippen molar-refractivity contribution in [3.63, 3.8) is 0 Å². The molecule has 0 amide bonds. The highest BCUT2D eigenvalue weighted by atomic mass is 15.1. The number of anilines is 2. The van der Waals surface area contributed by atoms with E-state index in [1.54, 1.807) is 0 Å². The van der Waals surface area contributed by atoms with Crippen molar-refractivity contribution in [1.29, 1.82) is 0 Å². The minimum atomic E-state index is 0.740. The van der Waals surface area contributed by atoms with E-state index in [0.29, 0.717) is 0 Å². The summed E-state index contributed by atoms with van der Waals surface area (Å²) in [4.78, 5) is 7.80. The van der Waals surface area contributed by atoms with Crippen molar-refractivity contribution >= 4 is 33.6 Å². The van der Waals surface area contributed by atoms with Crippen LogP contribution in [0.5, 0.6) is 0 Å². The average Bonchev–Trinajstić information content (AvgIpc) is 3.03. The second kappa shape index (κ2) is 4.09. The molecule has 0 aliphatic rings. The van der Waals surface area contributed by atoms with Gasteiger partial charge in [-0.1, -0.05) is 6.07 Å². The van der Waals surface area contributed by atoms with E-state index in [2.05, 4.69) is 44.5 Å².